The molecule has 0 bridgehead atoms. The van der Waals surface area contributed by atoms with Gasteiger partial charge in [0.1, 0.15) is 0 Å². The number of halogens is 1. The van der Waals surface area contributed by atoms with Crippen molar-refractivity contribution in [1.29, 1.82) is 0 Å². The molecule has 1 aliphatic rings. The first-order chi connectivity index (χ1) is 12.5. The highest BCUT2D eigenvalue weighted by molar-refractivity contribution is 6.30. The average Bonchev–Trinajstić information content (AvgIpc) is 3.32. The van der Waals surface area contributed by atoms with Crippen LogP contribution < -0.4 is 4.90 Å². The molecule has 0 N–H and O–H groups in total. The molecule has 0 aliphatic carbocycles. The summed E-state index contributed by atoms with van der Waals surface area (Å²) in [5, 5.41) is 9.47. The molecule has 4 rings (SSSR count). The standard InChI is InChI=1S/C18H22ClN7/c1-11-12(2)17-20-14(13(3)26(17)22-16(11)19)7-8-15-21-18(23-24(15)4)25-9-5-6-10-25/h7-8H,5-6,9-10H2,1-4H3/b8-7+. The fourth-order valence-electron chi connectivity index (χ4n) is 3.25. The van der Waals surface area contributed by atoms with Crippen molar-refractivity contribution < 1.29 is 0 Å². The molecule has 136 valence electrons. The average molecular weight is 372 g/mol. The lowest BCUT2D eigenvalue weighted by atomic mass is 10.2. The Morgan fingerprint density at radius 2 is 1.69 bits per heavy atom. The van der Waals surface area contributed by atoms with Crippen LogP contribution in [0.2, 0.25) is 5.15 Å². The number of hydrogen-bond donors (Lipinski definition) is 0. The van der Waals surface area contributed by atoms with Crippen molar-refractivity contribution in [3.8, 4) is 0 Å². The number of rotatable bonds is 3. The fraction of sp³-hybridized carbons (Fsp3) is 0.444. The van der Waals surface area contributed by atoms with Crippen molar-refractivity contribution in [2.45, 2.75) is 33.6 Å². The molecular weight excluding hydrogens is 350 g/mol. The second kappa shape index (κ2) is 6.39. The van der Waals surface area contributed by atoms with E-state index in [1.807, 2.05) is 40.0 Å². The van der Waals surface area contributed by atoms with Gasteiger partial charge in [0.15, 0.2) is 16.6 Å². The SMILES string of the molecule is Cc1c(Cl)nn2c(C)c(/C=C/c3nc(N4CCCC4)nn3C)nc2c1C. The van der Waals surface area contributed by atoms with E-state index in [0.29, 0.717) is 5.15 Å². The molecule has 0 atom stereocenters. The van der Waals surface area contributed by atoms with E-state index in [-0.39, 0.29) is 0 Å². The Bertz CT molecular complexity index is 1010. The highest BCUT2D eigenvalue weighted by atomic mass is 35.5. The van der Waals surface area contributed by atoms with E-state index in [1.165, 1.54) is 12.8 Å². The number of imidazole rings is 1. The topological polar surface area (TPSA) is 64.1 Å². The monoisotopic (exact) mass is 371 g/mol. The van der Waals surface area contributed by atoms with Gasteiger partial charge in [-0.2, -0.15) is 10.1 Å². The Morgan fingerprint density at radius 1 is 0.962 bits per heavy atom. The van der Waals surface area contributed by atoms with E-state index >= 15 is 0 Å². The summed E-state index contributed by atoms with van der Waals surface area (Å²) in [6.07, 6.45) is 6.33. The quantitative estimate of drug-likeness (QED) is 0.707. The van der Waals surface area contributed by atoms with Crippen molar-refractivity contribution in [2.75, 3.05) is 18.0 Å². The smallest absolute Gasteiger partial charge is 0.245 e. The van der Waals surface area contributed by atoms with Crippen LogP contribution in [-0.4, -0.2) is 42.5 Å². The van der Waals surface area contributed by atoms with Gasteiger partial charge in [-0.05, 0) is 56.9 Å². The summed E-state index contributed by atoms with van der Waals surface area (Å²) < 4.78 is 3.61. The lowest BCUT2D eigenvalue weighted by molar-refractivity contribution is 0.747. The predicted octanol–water partition coefficient (Wildman–Crippen LogP) is 3.21. The molecule has 1 fully saturated rings. The zero-order valence-electron chi connectivity index (χ0n) is 15.5. The summed E-state index contributed by atoms with van der Waals surface area (Å²) in [7, 11) is 1.91. The summed E-state index contributed by atoms with van der Waals surface area (Å²) in [5.74, 6) is 1.61. The van der Waals surface area contributed by atoms with Crippen LogP contribution in [0.5, 0.6) is 0 Å². The molecule has 26 heavy (non-hydrogen) atoms. The largest absolute Gasteiger partial charge is 0.340 e. The van der Waals surface area contributed by atoms with Crippen LogP contribution in [-0.2, 0) is 7.05 Å². The first-order valence-electron chi connectivity index (χ1n) is 8.82. The zero-order valence-corrected chi connectivity index (χ0v) is 16.2. The van der Waals surface area contributed by atoms with Crippen molar-refractivity contribution in [1.82, 2.24) is 29.4 Å². The maximum absolute atomic E-state index is 6.23. The van der Waals surface area contributed by atoms with E-state index in [0.717, 1.165) is 53.0 Å². The van der Waals surface area contributed by atoms with Crippen molar-refractivity contribution in [3.05, 3.63) is 33.5 Å². The van der Waals surface area contributed by atoms with Crippen molar-refractivity contribution in [2.24, 2.45) is 7.05 Å². The minimum atomic E-state index is 0.509. The summed E-state index contributed by atoms with van der Waals surface area (Å²) in [6, 6.07) is 0. The van der Waals surface area contributed by atoms with Gasteiger partial charge in [-0.25, -0.2) is 14.2 Å². The van der Waals surface area contributed by atoms with Gasteiger partial charge in [0.2, 0.25) is 5.95 Å². The molecular formula is C18H22ClN7. The number of anilines is 1. The van der Waals surface area contributed by atoms with E-state index in [1.54, 1.807) is 9.20 Å². The molecule has 0 unspecified atom stereocenters. The Morgan fingerprint density at radius 3 is 2.42 bits per heavy atom. The fourth-order valence-corrected chi connectivity index (χ4v) is 3.47. The number of aromatic nitrogens is 6. The van der Waals surface area contributed by atoms with Gasteiger partial charge in [-0.3, -0.25) is 0 Å². The molecule has 3 aromatic heterocycles. The molecule has 7 nitrogen and oxygen atoms in total. The van der Waals surface area contributed by atoms with Gasteiger partial charge in [-0.15, -0.1) is 5.10 Å². The molecule has 0 aromatic carbocycles. The molecule has 4 heterocycles. The van der Waals surface area contributed by atoms with Gasteiger partial charge in [0.05, 0.1) is 11.4 Å². The highest BCUT2D eigenvalue weighted by Crippen LogP contribution is 2.23. The first-order valence-corrected chi connectivity index (χ1v) is 9.19. The third-order valence-electron chi connectivity index (χ3n) is 5.08. The summed E-state index contributed by atoms with van der Waals surface area (Å²) in [6.45, 7) is 8.03. The van der Waals surface area contributed by atoms with Crippen LogP contribution >= 0.6 is 11.6 Å². The molecule has 8 heteroatoms. The lowest BCUT2D eigenvalue weighted by Crippen LogP contribution is -2.19. The van der Waals surface area contributed by atoms with Crippen LogP contribution in [0, 0.1) is 20.8 Å². The van der Waals surface area contributed by atoms with E-state index in [2.05, 4.69) is 20.1 Å². The van der Waals surface area contributed by atoms with Gasteiger partial charge in [-0.1, -0.05) is 11.6 Å². The third-order valence-corrected chi connectivity index (χ3v) is 5.43. The third kappa shape index (κ3) is 2.76. The molecule has 1 saturated heterocycles. The van der Waals surface area contributed by atoms with E-state index < -0.39 is 0 Å². The second-order valence-corrected chi connectivity index (χ2v) is 7.14. The molecule has 0 spiro atoms. The van der Waals surface area contributed by atoms with Gasteiger partial charge >= 0.3 is 0 Å². The van der Waals surface area contributed by atoms with Crippen LogP contribution in [0.4, 0.5) is 5.95 Å². The molecule has 1 aliphatic heterocycles. The van der Waals surface area contributed by atoms with Crippen molar-refractivity contribution in [3.63, 3.8) is 0 Å². The maximum atomic E-state index is 6.23. The molecule has 0 saturated carbocycles. The minimum Gasteiger partial charge on any atom is -0.340 e. The van der Waals surface area contributed by atoms with Gasteiger partial charge in [0, 0.05) is 20.1 Å². The van der Waals surface area contributed by atoms with Crippen molar-refractivity contribution >= 4 is 35.3 Å². The van der Waals surface area contributed by atoms with Gasteiger partial charge < -0.3 is 4.90 Å². The van der Waals surface area contributed by atoms with E-state index in [9.17, 15) is 0 Å². The first kappa shape index (κ1) is 17.0. The zero-order chi connectivity index (χ0) is 18.4. The Kier molecular flexibility index (Phi) is 4.19. The maximum Gasteiger partial charge on any atom is 0.245 e. The molecule has 3 aromatic rings. The van der Waals surface area contributed by atoms with Crippen LogP contribution in [0.25, 0.3) is 17.8 Å². The van der Waals surface area contributed by atoms with Crippen LogP contribution in [0.15, 0.2) is 0 Å². The van der Waals surface area contributed by atoms with Crippen LogP contribution in [0.1, 0.15) is 41.2 Å². The Labute approximate surface area is 157 Å². The summed E-state index contributed by atoms with van der Waals surface area (Å²) >= 11 is 6.23. The second-order valence-electron chi connectivity index (χ2n) is 6.78. The lowest BCUT2D eigenvalue weighted by Gasteiger charge is -2.10. The predicted molar refractivity (Wildman–Crippen MR) is 104 cm³/mol. The Balaban J connectivity index is 1.69. The minimum absolute atomic E-state index is 0.509. The highest BCUT2D eigenvalue weighted by Gasteiger charge is 2.18. The normalized spacial score (nSPS) is 15.0. The van der Waals surface area contributed by atoms with Crippen LogP contribution in [0.3, 0.4) is 0 Å². The summed E-state index contributed by atoms with van der Waals surface area (Å²) in [4.78, 5) is 11.6. The van der Waals surface area contributed by atoms with E-state index in [4.69, 9.17) is 16.6 Å². The number of fused-ring (bicyclic) bond motifs is 1. The summed E-state index contributed by atoms with van der Waals surface area (Å²) in [5.41, 5.74) is 4.64. The number of hydrogen-bond acceptors (Lipinski definition) is 5. The van der Waals surface area contributed by atoms with Gasteiger partial charge in [0.25, 0.3) is 0 Å². The number of nitrogens with zero attached hydrogens (tertiary/aromatic N) is 7. The molecule has 0 radical (unpaired) electrons. The number of aryl methyl sites for hydroxylation is 3. The molecule has 0 amide bonds. The Hall–Kier alpha value is -2.41.